The van der Waals surface area contributed by atoms with Gasteiger partial charge in [-0.1, -0.05) is 64.7 Å². The lowest BCUT2D eigenvalue weighted by Gasteiger charge is -2.24. The van der Waals surface area contributed by atoms with Crippen molar-refractivity contribution in [2.45, 2.75) is 138 Å². The van der Waals surface area contributed by atoms with Crippen molar-refractivity contribution < 1.29 is 0 Å². The van der Waals surface area contributed by atoms with Crippen LogP contribution in [0.4, 0.5) is 0 Å². The third kappa shape index (κ3) is 14.2. The van der Waals surface area contributed by atoms with E-state index in [1.54, 1.807) is 0 Å². The van der Waals surface area contributed by atoms with Gasteiger partial charge in [0.25, 0.3) is 0 Å². The zero-order valence-electron chi connectivity index (χ0n) is 56.6. The molecule has 0 unspecified atom stereocenters. The van der Waals surface area contributed by atoms with E-state index in [4.69, 9.17) is 0 Å². The Balaban J connectivity index is 0.000000113. The largest absolute Gasteiger partial charge is 0.344 e. The van der Waals surface area contributed by atoms with Gasteiger partial charge in [0, 0.05) is 226 Å². The van der Waals surface area contributed by atoms with Crippen LogP contribution in [0.25, 0.3) is 43.6 Å². The van der Waals surface area contributed by atoms with E-state index >= 15 is 0 Å². The second-order valence-electron chi connectivity index (χ2n) is 27.2. The van der Waals surface area contributed by atoms with Gasteiger partial charge in [-0.3, -0.25) is 19.9 Å². The molecule has 4 aromatic carbocycles. The maximum Gasteiger partial charge on any atom is 0.0486 e. The number of benzene rings is 4. The van der Waals surface area contributed by atoms with Crippen LogP contribution in [0.1, 0.15) is 95.4 Å². The van der Waals surface area contributed by atoms with Gasteiger partial charge in [-0.2, -0.15) is 0 Å². The van der Waals surface area contributed by atoms with E-state index in [2.05, 4.69) is 229 Å². The van der Waals surface area contributed by atoms with Crippen LogP contribution in [-0.2, 0) is 104 Å². The smallest absolute Gasteiger partial charge is 0.0486 e. The summed E-state index contributed by atoms with van der Waals surface area (Å²) in [6.45, 7) is 23.7. The lowest BCUT2D eigenvalue weighted by Crippen LogP contribution is -2.27. The Labute approximate surface area is 551 Å². The highest BCUT2D eigenvalue weighted by atomic mass is 15.1. The fraction of sp³-hybridized carbons (Fsp3) is 0.358. The predicted molar refractivity (Wildman–Crippen MR) is 383 cm³/mol. The average molecular weight is 1240 g/mol. The quantitative estimate of drug-likeness (QED) is 0.120. The van der Waals surface area contributed by atoms with E-state index in [-0.39, 0.29) is 0 Å². The number of aryl methyl sites for hydroxylation is 13. The van der Waals surface area contributed by atoms with Crippen molar-refractivity contribution in [3.05, 3.63) is 260 Å². The number of hydrogen-bond acceptors (Lipinski definition) is 8. The van der Waals surface area contributed by atoms with Gasteiger partial charge in [0.2, 0.25) is 0 Å². The maximum atomic E-state index is 4.47. The van der Waals surface area contributed by atoms with Crippen molar-refractivity contribution in [3.8, 4) is 0 Å². The molecule has 0 aliphatic carbocycles. The third-order valence-corrected chi connectivity index (χ3v) is 20.0. The van der Waals surface area contributed by atoms with Crippen LogP contribution >= 0.6 is 0 Å². The maximum absolute atomic E-state index is 4.47. The van der Waals surface area contributed by atoms with Crippen molar-refractivity contribution in [3.63, 3.8) is 0 Å². The molecular formula is C81H94N12. The van der Waals surface area contributed by atoms with Gasteiger partial charge in [-0.05, 0) is 206 Å². The average Bonchev–Trinajstić information content (AvgIpc) is 1.65. The monoisotopic (exact) mass is 1230 g/mol. The summed E-state index contributed by atoms with van der Waals surface area (Å²) < 4.78 is 10.2. The van der Waals surface area contributed by atoms with Gasteiger partial charge in [0.05, 0.1) is 0 Å². The molecule has 0 amide bonds. The molecule has 0 saturated carbocycles. The Kier molecular flexibility index (Phi) is 19.3. The Morgan fingerprint density at radius 2 is 0.731 bits per heavy atom. The number of hydrogen-bond donors (Lipinski definition) is 0. The summed E-state index contributed by atoms with van der Waals surface area (Å²) in [4.78, 5) is 27.0. The molecule has 0 radical (unpaired) electrons. The molecule has 8 aromatic heterocycles. The van der Waals surface area contributed by atoms with Gasteiger partial charge >= 0.3 is 0 Å². The zero-order chi connectivity index (χ0) is 64.1. The molecule has 12 heteroatoms. The first-order valence-corrected chi connectivity index (χ1v) is 34.0. The summed E-state index contributed by atoms with van der Waals surface area (Å²) in [5.74, 6) is 0. The molecule has 0 saturated heterocycles. The van der Waals surface area contributed by atoms with Crippen LogP contribution in [0.2, 0.25) is 0 Å². The summed E-state index contributed by atoms with van der Waals surface area (Å²) in [5.41, 5.74) is 29.4. The third-order valence-electron chi connectivity index (χ3n) is 20.0. The number of pyridine rings is 4. The Hall–Kier alpha value is -8.52. The highest BCUT2D eigenvalue weighted by Gasteiger charge is 2.27. The summed E-state index contributed by atoms with van der Waals surface area (Å²) in [7, 11) is 8.88. The molecule has 478 valence electrons. The van der Waals surface area contributed by atoms with Gasteiger partial charge < -0.3 is 37.9 Å². The SMILES string of the molecule is Cc1ccc2c(c1)c1c(n2CCc2ccc(C)nc2)CCN(C)C1.Cc1ccc2c(c1)c1c(n2CCc2ccccn2)CCN(C)C1.Cc1ccc2c(c1)c1c(n2CCc2cccnc2)CCN(C)C1.Cc1ccc2c(c1)c1c(n2CCc2ccncc2)CCN(C)C1. The normalized spacial score (nSPS) is 15.0. The van der Waals surface area contributed by atoms with Gasteiger partial charge in [0.15, 0.2) is 0 Å². The Morgan fingerprint density at radius 1 is 0.333 bits per heavy atom. The van der Waals surface area contributed by atoms with Crippen molar-refractivity contribution in [2.24, 2.45) is 0 Å². The van der Waals surface area contributed by atoms with E-state index in [0.717, 1.165) is 136 Å². The fourth-order valence-corrected chi connectivity index (χ4v) is 15.1. The minimum absolute atomic E-state index is 0.987. The minimum atomic E-state index is 0.987. The van der Waals surface area contributed by atoms with Gasteiger partial charge in [-0.15, -0.1) is 0 Å². The Bertz CT molecular complexity index is 4190. The van der Waals surface area contributed by atoms with E-state index in [1.807, 2.05) is 56.2 Å². The first-order valence-electron chi connectivity index (χ1n) is 34.0. The number of likely N-dealkylation sites (N-methyl/N-ethyl adjacent to an activating group) is 4. The van der Waals surface area contributed by atoms with Crippen LogP contribution in [0, 0.1) is 34.6 Å². The van der Waals surface area contributed by atoms with E-state index in [1.165, 1.54) is 133 Å². The summed E-state index contributed by atoms with van der Waals surface area (Å²) in [6.07, 6.45) is 20.2. The first kappa shape index (κ1) is 63.2. The molecule has 12 aromatic rings. The van der Waals surface area contributed by atoms with Crippen LogP contribution in [0.15, 0.2) is 165 Å². The fourth-order valence-electron chi connectivity index (χ4n) is 15.1. The minimum Gasteiger partial charge on any atom is -0.344 e. The summed E-state index contributed by atoms with van der Waals surface area (Å²) in [6, 6.07) is 46.5. The highest BCUT2D eigenvalue weighted by Crippen LogP contribution is 2.36. The molecule has 93 heavy (non-hydrogen) atoms. The van der Waals surface area contributed by atoms with Crippen LogP contribution in [0.5, 0.6) is 0 Å². The van der Waals surface area contributed by atoms with Crippen molar-refractivity contribution >= 4 is 43.6 Å². The van der Waals surface area contributed by atoms with Crippen LogP contribution in [-0.4, -0.2) is 112 Å². The van der Waals surface area contributed by atoms with E-state index in [9.17, 15) is 0 Å². The Morgan fingerprint density at radius 3 is 1.10 bits per heavy atom. The van der Waals surface area contributed by atoms with E-state index < -0.39 is 0 Å². The molecule has 0 N–H and O–H groups in total. The lowest BCUT2D eigenvalue weighted by atomic mass is 10.0. The topological polar surface area (TPSA) is 84.2 Å². The molecule has 0 spiro atoms. The van der Waals surface area contributed by atoms with Crippen molar-refractivity contribution in [1.29, 1.82) is 0 Å². The molecule has 12 nitrogen and oxygen atoms in total. The second-order valence-corrected chi connectivity index (χ2v) is 27.2. The molecule has 0 fully saturated rings. The second kappa shape index (κ2) is 28.4. The zero-order valence-corrected chi connectivity index (χ0v) is 56.6. The molecule has 16 rings (SSSR count). The molecule has 12 heterocycles. The van der Waals surface area contributed by atoms with Gasteiger partial charge in [0.1, 0.15) is 0 Å². The molecule has 0 bridgehead atoms. The van der Waals surface area contributed by atoms with E-state index in [0.29, 0.717) is 0 Å². The van der Waals surface area contributed by atoms with Crippen molar-refractivity contribution in [2.75, 3.05) is 54.4 Å². The molecule has 0 atom stereocenters. The number of aromatic nitrogens is 8. The standard InChI is InChI=1S/C21H25N3.3C20H23N3/c1-15-4-7-20-18(12-15)19-14-23(3)10-9-21(19)24(20)11-8-17-6-5-16(2)22-13-17;1-15-3-4-19-17(13-15)18-14-22(2)11-8-20(18)23(19)12-7-16-5-9-21-10-6-16;1-15-5-6-19-17(12-15)18-14-22(2)10-8-20(18)23(19)11-7-16-4-3-9-21-13-16;1-15-6-7-19-17(13-15)18-14-22(2)11-9-20(18)23(19)12-8-16-5-3-4-10-21-16/h4-7,12-13H,8-11,14H2,1-3H3;3-6,9-10,13H,7-8,11-12,14H2,1-2H3;3-6,9,12-13H,7-8,10-11,14H2,1-2H3;3-7,10,13H,8-9,11-12,14H2,1-2H3. The number of fused-ring (bicyclic) bond motifs is 12. The number of nitrogens with zero attached hydrogens (tertiary/aromatic N) is 12. The predicted octanol–water partition coefficient (Wildman–Crippen LogP) is 14.6. The summed E-state index contributed by atoms with van der Waals surface area (Å²) >= 11 is 0. The van der Waals surface area contributed by atoms with Crippen LogP contribution < -0.4 is 0 Å². The molecular weight excluding hydrogens is 1140 g/mol. The van der Waals surface area contributed by atoms with Crippen LogP contribution in [0.3, 0.4) is 0 Å². The first-order chi connectivity index (χ1) is 45.3. The van der Waals surface area contributed by atoms with Crippen molar-refractivity contribution in [1.82, 2.24) is 57.8 Å². The van der Waals surface area contributed by atoms with Gasteiger partial charge in [-0.25, -0.2) is 0 Å². The lowest BCUT2D eigenvalue weighted by molar-refractivity contribution is 0.309. The summed E-state index contributed by atoms with van der Waals surface area (Å²) in [5, 5.41) is 5.77. The number of rotatable bonds is 12. The molecule has 4 aliphatic rings. The molecule has 4 aliphatic heterocycles. The highest BCUT2D eigenvalue weighted by molar-refractivity contribution is 5.89.